The molecule has 0 saturated heterocycles. The van der Waals surface area contributed by atoms with Crippen molar-refractivity contribution in [3.05, 3.63) is 57.3 Å². The normalized spacial score (nSPS) is 22.5. The molecule has 0 aromatic heterocycles. The standard InChI is InChI=1S/C21H23BrO4/c1-12-16(11-23)13(2)21(3,4)17(20(12)26-5)8-9-18(24)15-7-6-14(22)10-19(15)25/h6-10,13,17,25H,1-5H3. The molecule has 138 valence electrons. The van der Waals surface area contributed by atoms with Gasteiger partial charge >= 0.3 is 0 Å². The first-order chi connectivity index (χ1) is 12.1. The Morgan fingerprint density at radius 3 is 2.58 bits per heavy atom. The third kappa shape index (κ3) is 3.55. The molecule has 2 unspecified atom stereocenters. The summed E-state index contributed by atoms with van der Waals surface area (Å²) in [6.45, 7) is 7.90. The molecule has 1 aromatic rings. The number of methoxy groups -OCH3 is 1. The van der Waals surface area contributed by atoms with Crippen LogP contribution in [0.25, 0.3) is 0 Å². The number of hydrogen-bond acceptors (Lipinski definition) is 4. The quantitative estimate of drug-likeness (QED) is 0.430. The summed E-state index contributed by atoms with van der Waals surface area (Å²) in [5.41, 5.74) is 1.27. The van der Waals surface area contributed by atoms with Gasteiger partial charge in [-0.25, -0.2) is 4.79 Å². The number of carbonyl (C=O) groups is 1. The molecular formula is C21H23BrO4. The van der Waals surface area contributed by atoms with Crippen molar-refractivity contribution in [2.24, 2.45) is 17.3 Å². The van der Waals surface area contributed by atoms with Gasteiger partial charge in [0.15, 0.2) is 5.78 Å². The van der Waals surface area contributed by atoms with Crippen LogP contribution in [0.3, 0.4) is 0 Å². The fraction of sp³-hybridized carbons (Fsp3) is 0.381. The highest BCUT2D eigenvalue weighted by atomic mass is 79.9. The lowest BCUT2D eigenvalue weighted by Crippen LogP contribution is -2.37. The summed E-state index contributed by atoms with van der Waals surface area (Å²) >= 11 is 3.26. The van der Waals surface area contributed by atoms with E-state index < -0.39 is 0 Å². The second-order valence-electron chi connectivity index (χ2n) is 7.11. The summed E-state index contributed by atoms with van der Waals surface area (Å²) in [7, 11) is 1.57. The van der Waals surface area contributed by atoms with Gasteiger partial charge in [-0.3, -0.25) is 4.79 Å². The molecular weight excluding hydrogens is 396 g/mol. The van der Waals surface area contributed by atoms with E-state index in [1.165, 1.54) is 12.1 Å². The average molecular weight is 419 g/mol. The molecule has 0 amide bonds. The predicted octanol–water partition coefficient (Wildman–Crippen LogP) is 4.86. The molecule has 0 spiro atoms. The zero-order valence-electron chi connectivity index (χ0n) is 15.6. The molecule has 4 nitrogen and oxygen atoms in total. The van der Waals surface area contributed by atoms with Crippen molar-refractivity contribution < 1.29 is 19.4 Å². The first-order valence-corrected chi connectivity index (χ1v) is 9.15. The predicted molar refractivity (Wildman–Crippen MR) is 105 cm³/mol. The first-order valence-electron chi connectivity index (χ1n) is 8.36. The summed E-state index contributed by atoms with van der Waals surface area (Å²) in [5, 5.41) is 9.99. The molecule has 1 aromatic carbocycles. The fourth-order valence-electron chi connectivity index (χ4n) is 3.44. The van der Waals surface area contributed by atoms with Gasteiger partial charge < -0.3 is 9.84 Å². The number of allylic oxidation sites excluding steroid dienone is 4. The van der Waals surface area contributed by atoms with E-state index in [0.717, 1.165) is 5.57 Å². The molecule has 26 heavy (non-hydrogen) atoms. The van der Waals surface area contributed by atoms with E-state index in [9.17, 15) is 14.7 Å². The number of phenols is 1. The summed E-state index contributed by atoms with van der Waals surface area (Å²) in [6.07, 6.45) is 3.26. The minimum absolute atomic E-state index is 0.0373. The number of aromatic hydroxyl groups is 1. The van der Waals surface area contributed by atoms with Gasteiger partial charge in [0.05, 0.1) is 12.7 Å². The van der Waals surface area contributed by atoms with E-state index in [2.05, 4.69) is 15.9 Å². The van der Waals surface area contributed by atoms with E-state index in [0.29, 0.717) is 15.8 Å². The van der Waals surface area contributed by atoms with Gasteiger partial charge in [0.25, 0.3) is 0 Å². The van der Waals surface area contributed by atoms with Crippen LogP contribution in [0, 0.1) is 17.3 Å². The largest absolute Gasteiger partial charge is 0.507 e. The molecule has 0 aliphatic heterocycles. The number of carbonyl (C=O) groups excluding carboxylic acids is 2. The minimum atomic E-state index is -0.337. The van der Waals surface area contributed by atoms with Crippen molar-refractivity contribution in [1.29, 1.82) is 0 Å². The van der Waals surface area contributed by atoms with Crippen molar-refractivity contribution in [3.8, 4) is 5.75 Å². The lowest BCUT2D eigenvalue weighted by Gasteiger charge is -2.43. The van der Waals surface area contributed by atoms with E-state index in [4.69, 9.17) is 4.74 Å². The van der Waals surface area contributed by atoms with Crippen LogP contribution in [0.1, 0.15) is 38.1 Å². The van der Waals surface area contributed by atoms with Crippen LogP contribution in [-0.2, 0) is 9.53 Å². The molecule has 2 atom stereocenters. The van der Waals surface area contributed by atoms with Crippen LogP contribution >= 0.6 is 15.9 Å². The maximum atomic E-state index is 12.5. The third-order valence-electron chi connectivity index (χ3n) is 5.40. The van der Waals surface area contributed by atoms with Gasteiger partial charge in [-0.1, -0.05) is 42.8 Å². The second-order valence-corrected chi connectivity index (χ2v) is 8.03. The third-order valence-corrected chi connectivity index (χ3v) is 5.90. The Kier molecular flexibility index (Phi) is 5.94. The highest BCUT2D eigenvalue weighted by Crippen LogP contribution is 2.50. The summed E-state index contributed by atoms with van der Waals surface area (Å²) in [5.74, 6) is 2.13. The Morgan fingerprint density at radius 1 is 1.38 bits per heavy atom. The van der Waals surface area contributed by atoms with Crippen molar-refractivity contribution in [3.63, 3.8) is 0 Å². The molecule has 2 rings (SSSR count). The molecule has 0 bridgehead atoms. The SMILES string of the molecule is COC1=C(C)C(=C=O)C(C)C(C)(C)C1C=CC(=O)c1ccc(Br)cc1O. The van der Waals surface area contributed by atoms with Crippen molar-refractivity contribution in [1.82, 2.24) is 0 Å². The van der Waals surface area contributed by atoms with Gasteiger partial charge in [-0.2, -0.15) is 0 Å². The highest BCUT2D eigenvalue weighted by Gasteiger charge is 2.44. The summed E-state index contributed by atoms with van der Waals surface area (Å²) < 4.78 is 6.27. The van der Waals surface area contributed by atoms with Crippen molar-refractivity contribution >= 4 is 27.7 Å². The molecule has 1 aliphatic rings. The number of benzene rings is 1. The minimum Gasteiger partial charge on any atom is -0.507 e. The Balaban J connectivity index is 2.45. The lowest BCUT2D eigenvalue weighted by atomic mass is 9.61. The number of phenolic OH excluding ortho intramolecular Hbond substituents is 1. The molecule has 0 fully saturated rings. The zero-order valence-corrected chi connectivity index (χ0v) is 17.2. The highest BCUT2D eigenvalue weighted by molar-refractivity contribution is 9.10. The molecule has 5 heteroatoms. The van der Waals surface area contributed by atoms with Gasteiger partial charge in [-0.15, -0.1) is 0 Å². The Morgan fingerprint density at radius 2 is 2.04 bits per heavy atom. The van der Waals surface area contributed by atoms with E-state index in [1.54, 1.807) is 25.3 Å². The molecule has 1 N–H and O–H groups in total. The Labute approximate surface area is 162 Å². The number of rotatable bonds is 4. The number of ketones is 1. The van der Waals surface area contributed by atoms with Gasteiger partial charge in [0.1, 0.15) is 17.5 Å². The summed E-state index contributed by atoms with van der Waals surface area (Å²) in [6, 6.07) is 4.77. The topological polar surface area (TPSA) is 63.6 Å². The maximum absolute atomic E-state index is 12.5. The summed E-state index contributed by atoms with van der Waals surface area (Å²) in [4.78, 5) is 23.9. The molecule has 0 heterocycles. The zero-order chi connectivity index (χ0) is 19.6. The van der Waals surface area contributed by atoms with Crippen molar-refractivity contribution in [2.75, 3.05) is 7.11 Å². The second kappa shape index (κ2) is 7.65. The van der Waals surface area contributed by atoms with Crippen LogP contribution in [0.4, 0.5) is 0 Å². The number of hydrogen-bond donors (Lipinski definition) is 1. The van der Waals surface area contributed by atoms with E-state index >= 15 is 0 Å². The average Bonchev–Trinajstić information content (AvgIpc) is 2.57. The van der Waals surface area contributed by atoms with Crippen LogP contribution in [0.5, 0.6) is 5.75 Å². The van der Waals surface area contributed by atoms with Crippen LogP contribution in [0.15, 0.2) is 51.7 Å². The maximum Gasteiger partial charge on any atom is 0.189 e. The van der Waals surface area contributed by atoms with Crippen LogP contribution in [-0.4, -0.2) is 23.9 Å². The molecule has 0 saturated carbocycles. The smallest absolute Gasteiger partial charge is 0.189 e. The lowest BCUT2D eigenvalue weighted by molar-refractivity contribution is 0.103. The van der Waals surface area contributed by atoms with Gasteiger partial charge in [0.2, 0.25) is 0 Å². The van der Waals surface area contributed by atoms with Crippen molar-refractivity contribution in [2.45, 2.75) is 27.7 Å². The first kappa shape index (κ1) is 20.2. The molecule has 1 aliphatic carbocycles. The van der Waals surface area contributed by atoms with Crippen LogP contribution in [0.2, 0.25) is 0 Å². The number of ether oxygens (including phenoxy) is 1. The Bertz CT molecular complexity index is 842. The monoisotopic (exact) mass is 418 g/mol. The van der Waals surface area contributed by atoms with E-state index in [1.807, 2.05) is 33.6 Å². The fourth-order valence-corrected chi connectivity index (χ4v) is 3.79. The molecule has 0 radical (unpaired) electrons. The number of halogens is 1. The van der Waals surface area contributed by atoms with Gasteiger partial charge in [0, 0.05) is 21.5 Å². The van der Waals surface area contributed by atoms with E-state index in [-0.39, 0.29) is 34.3 Å². The Hall–Kier alpha value is -2.10. The van der Waals surface area contributed by atoms with Gasteiger partial charge in [-0.05, 0) is 42.5 Å². The van der Waals surface area contributed by atoms with Crippen LogP contribution < -0.4 is 0 Å².